The number of halogens is 4. The minimum absolute atomic E-state index is 0.0178. The number of para-hydroxylation sites is 1. The molecule has 1 fully saturated rings. The summed E-state index contributed by atoms with van der Waals surface area (Å²) in [5.74, 6) is -6.86. The predicted octanol–water partition coefficient (Wildman–Crippen LogP) is 3.53. The van der Waals surface area contributed by atoms with E-state index in [1.54, 1.807) is 22.9 Å². The van der Waals surface area contributed by atoms with Gasteiger partial charge in [-0.15, -0.1) is 11.3 Å². The Morgan fingerprint density at radius 3 is 2.34 bits per heavy atom. The number of aliphatic hydroxyl groups is 2. The normalized spacial score (nSPS) is 19.1. The molecule has 41 heavy (non-hydrogen) atoms. The first-order valence-corrected chi connectivity index (χ1v) is 13.6. The number of likely N-dealkylation sites (tertiary alicyclic amines) is 1. The number of carboxylic acids is 2. The number of benzene rings is 1. The third-order valence-corrected chi connectivity index (χ3v) is 8.45. The second-order valence-corrected chi connectivity index (χ2v) is 11.4. The maximum absolute atomic E-state index is 14.3. The number of aryl methyl sites for hydroxylation is 1. The van der Waals surface area contributed by atoms with Crippen molar-refractivity contribution < 1.29 is 47.9 Å². The number of carboxylic acid groups (broad SMARTS) is 2. The van der Waals surface area contributed by atoms with Gasteiger partial charge in [-0.3, -0.25) is 4.90 Å². The maximum Gasteiger partial charge on any atom is 0.335 e. The SMILES string of the molecule is Cc1nn(-c2ccccc2F)cc1CN1CCC2(CC1)OCC(F)(F)c1cc(Cl)sc12.O=C(O)[C@H](O)[C@@H](O)C(=O)O. The van der Waals surface area contributed by atoms with Crippen LogP contribution in [-0.4, -0.2) is 78.9 Å². The lowest BCUT2D eigenvalue weighted by Crippen LogP contribution is -2.48. The molecule has 2 atom stereocenters. The highest BCUT2D eigenvalue weighted by Gasteiger charge is 2.51. The van der Waals surface area contributed by atoms with Gasteiger partial charge in [0.05, 0.1) is 10.0 Å². The van der Waals surface area contributed by atoms with E-state index in [1.807, 2.05) is 13.1 Å². The fraction of sp³-hybridized carbons (Fsp3) is 0.423. The van der Waals surface area contributed by atoms with Crippen LogP contribution in [0.25, 0.3) is 5.69 Å². The number of piperidine rings is 1. The standard InChI is InChI=1S/C22H21ClF3N3OS.C4H6O6/c1-14-15(12-29(27-14)18-5-3-2-4-17(18)24)11-28-8-6-21(7-9-28)20-16(10-19(23)31-20)22(25,26)13-30-21;5-1(3(7)8)2(6)4(9)10/h2-5,10,12H,6-9,11,13H2,1H3;1-2,5-6H,(H,7,8)(H,9,10)/t;1-,2-/m.1/s1. The number of carbonyl (C=O) groups is 2. The topological polar surface area (TPSA) is 145 Å². The summed E-state index contributed by atoms with van der Waals surface area (Å²) in [5.41, 5.74) is 1.58. The Labute approximate surface area is 241 Å². The van der Waals surface area contributed by atoms with Crippen LogP contribution in [0.4, 0.5) is 13.2 Å². The smallest absolute Gasteiger partial charge is 0.335 e. The Hall–Kier alpha value is -3.01. The predicted molar refractivity (Wildman–Crippen MR) is 141 cm³/mol. The number of hydrogen-bond donors (Lipinski definition) is 4. The summed E-state index contributed by atoms with van der Waals surface area (Å²) in [6.45, 7) is 3.35. The first-order chi connectivity index (χ1) is 19.2. The van der Waals surface area contributed by atoms with Crippen LogP contribution in [-0.2, 0) is 32.4 Å². The molecule has 3 aromatic rings. The molecule has 222 valence electrons. The molecular weight excluding hydrogens is 591 g/mol. The zero-order valence-corrected chi connectivity index (χ0v) is 23.2. The number of rotatable bonds is 6. The second-order valence-electron chi connectivity index (χ2n) is 9.76. The van der Waals surface area contributed by atoms with Gasteiger partial charge in [0.15, 0.2) is 12.2 Å². The zero-order valence-electron chi connectivity index (χ0n) is 21.6. The Morgan fingerprint density at radius 1 is 1.15 bits per heavy atom. The van der Waals surface area contributed by atoms with Gasteiger partial charge in [0.1, 0.15) is 23.7 Å². The highest BCUT2D eigenvalue weighted by Crippen LogP contribution is 2.52. The lowest BCUT2D eigenvalue weighted by molar-refractivity contribution is -0.182. The van der Waals surface area contributed by atoms with Crippen LogP contribution in [0.15, 0.2) is 36.5 Å². The molecule has 1 spiro atoms. The van der Waals surface area contributed by atoms with Crippen molar-refractivity contribution in [2.75, 3.05) is 19.7 Å². The molecule has 0 radical (unpaired) electrons. The van der Waals surface area contributed by atoms with Gasteiger partial charge in [0, 0.05) is 41.8 Å². The number of aliphatic hydroxyl groups excluding tert-OH is 2. The third-order valence-electron chi connectivity index (χ3n) is 7.00. The molecule has 15 heteroatoms. The molecule has 0 aliphatic carbocycles. The Balaban J connectivity index is 0.000000334. The molecule has 0 unspecified atom stereocenters. The fourth-order valence-electron chi connectivity index (χ4n) is 4.71. The second kappa shape index (κ2) is 12.1. The van der Waals surface area contributed by atoms with Crippen molar-refractivity contribution >= 4 is 34.9 Å². The van der Waals surface area contributed by atoms with Crippen LogP contribution in [0.2, 0.25) is 4.34 Å². The van der Waals surface area contributed by atoms with Crippen LogP contribution < -0.4 is 0 Å². The van der Waals surface area contributed by atoms with E-state index in [0.29, 0.717) is 47.4 Å². The van der Waals surface area contributed by atoms with E-state index in [4.69, 9.17) is 36.8 Å². The molecular formula is C26H27ClF3N3O7S. The van der Waals surface area contributed by atoms with Crippen LogP contribution in [0, 0.1) is 12.7 Å². The molecule has 0 saturated carbocycles. The molecule has 4 N–H and O–H groups in total. The monoisotopic (exact) mass is 617 g/mol. The average molecular weight is 618 g/mol. The number of aromatic nitrogens is 2. The third kappa shape index (κ3) is 6.58. The highest BCUT2D eigenvalue weighted by molar-refractivity contribution is 7.16. The van der Waals surface area contributed by atoms with E-state index >= 15 is 0 Å². The van der Waals surface area contributed by atoms with Crippen LogP contribution in [0.1, 0.15) is 34.5 Å². The van der Waals surface area contributed by atoms with Crippen molar-refractivity contribution in [3.63, 3.8) is 0 Å². The van der Waals surface area contributed by atoms with E-state index in [1.165, 1.54) is 23.5 Å². The lowest BCUT2D eigenvalue weighted by Gasteiger charge is -2.45. The first kappa shape index (κ1) is 30.9. The minimum atomic E-state index is -3.00. The molecule has 4 heterocycles. The minimum Gasteiger partial charge on any atom is -0.479 e. The Kier molecular flexibility index (Phi) is 9.11. The number of ether oxygens (including phenoxy) is 1. The Morgan fingerprint density at radius 2 is 1.76 bits per heavy atom. The number of fused-ring (bicyclic) bond motifs is 2. The number of thiophene rings is 1. The van der Waals surface area contributed by atoms with Gasteiger partial charge in [-0.05, 0) is 38.0 Å². The van der Waals surface area contributed by atoms with E-state index in [2.05, 4.69) is 10.00 Å². The van der Waals surface area contributed by atoms with E-state index in [9.17, 15) is 22.8 Å². The zero-order chi connectivity index (χ0) is 30.1. The van der Waals surface area contributed by atoms with Gasteiger partial charge < -0.3 is 25.2 Å². The van der Waals surface area contributed by atoms with Crippen molar-refractivity contribution in [1.29, 1.82) is 0 Å². The molecule has 2 aromatic heterocycles. The molecule has 0 bridgehead atoms. The van der Waals surface area contributed by atoms with Gasteiger partial charge >= 0.3 is 11.9 Å². The number of alkyl halides is 2. The van der Waals surface area contributed by atoms with Crippen LogP contribution in [0.5, 0.6) is 0 Å². The summed E-state index contributed by atoms with van der Waals surface area (Å²) in [7, 11) is 0. The van der Waals surface area contributed by atoms with Crippen molar-refractivity contribution in [3.05, 3.63) is 68.4 Å². The largest absolute Gasteiger partial charge is 0.479 e. The highest BCUT2D eigenvalue weighted by atomic mass is 35.5. The quantitative estimate of drug-likeness (QED) is 0.326. The molecule has 2 aliphatic rings. The summed E-state index contributed by atoms with van der Waals surface area (Å²) >= 11 is 7.28. The van der Waals surface area contributed by atoms with Crippen molar-refractivity contribution in [2.24, 2.45) is 0 Å². The summed E-state index contributed by atoms with van der Waals surface area (Å²) in [4.78, 5) is 22.4. The van der Waals surface area contributed by atoms with Crippen molar-refractivity contribution in [1.82, 2.24) is 14.7 Å². The molecule has 0 amide bonds. The van der Waals surface area contributed by atoms with E-state index in [0.717, 1.165) is 11.3 Å². The van der Waals surface area contributed by atoms with Crippen LogP contribution in [0.3, 0.4) is 0 Å². The Bertz CT molecular complexity index is 1410. The van der Waals surface area contributed by atoms with Crippen LogP contribution >= 0.6 is 22.9 Å². The van der Waals surface area contributed by atoms with E-state index < -0.39 is 42.3 Å². The molecule has 1 aromatic carbocycles. The van der Waals surface area contributed by atoms with Gasteiger partial charge in [-0.1, -0.05) is 23.7 Å². The molecule has 2 aliphatic heterocycles. The van der Waals surface area contributed by atoms with Crippen molar-refractivity contribution in [3.8, 4) is 5.69 Å². The van der Waals surface area contributed by atoms with Gasteiger partial charge in [-0.25, -0.2) is 18.7 Å². The van der Waals surface area contributed by atoms with Crippen molar-refractivity contribution in [2.45, 2.75) is 50.0 Å². The molecule has 5 rings (SSSR count). The average Bonchev–Trinajstić information content (AvgIpc) is 3.51. The van der Waals surface area contributed by atoms with E-state index in [-0.39, 0.29) is 11.4 Å². The fourth-order valence-corrected chi connectivity index (χ4v) is 6.19. The number of nitrogens with zero attached hydrogens (tertiary/aromatic N) is 3. The molecule has 10 nitrogen and oxygen atoms in total. The van der Waals surface area contributed by atoms with Gasteiger partial charge in [0.2, 0.25) is 0 Å². The first-order valence-electron chi connectivity index (χ1n) is 12.4. The van der Waals surface area contributed by atoms with Gasteiger partial charge in [0.25, 0.3) is 5.92 Å². The number of aliphatic carboxylic acids is 2. The lowest BCUT2D eigenvalue weighted by atomic mass is 9.84. The summed E-state index contributed by atoms with van der Waals surface area (Å²) in [5, 5.41) is 37.0. The number of hydrogen-bond acceptors (Lipinski definition) is 8. The maximum atomic E-state index is 14.3. The summed E-state index contributed by atoms with van der Waals surface area (Å²) < 4.78 is 50.4. The summed E-state index contributed by atoms with van der Waals surface area (Å²) in [6, 6.07) is 7.91. The molecule has 1 saturated heterocycles. The van der Waals surface area contributed by atoms with Gasteiger partial charge in [-0.2, -0.15) is 13.9 Å². The summed E-state index contributed by atoms with van der Waals surface area (Å²) in [6.07, 6.45) is -1.44.